The third kappa shape index (κ3) is 8.40. The van der Waals surface area contributed by atoms with Crippen molar-refractivity contribution in [3.05, 3.63) is 23.9 Å². The second-order valence-corrected chi connectivity index (χ2v) is 8.38. The highest BCUT2D eigenvalue weighted by Gasteiger charge is 2.20. The van der Waals surface area contributed by atoms with E-state index >= 15 is 0 Å². The summed E-state index contributed by atoms with van der Waals surface area (Å²) in [7, 11) is 3.32. The molecular formula is C23H38IN5O3. The molecule has 2 rings (SSSR count). The minimum Gasteiger partial charge on any atom is -0.497 e. The van der Waals surface area contributed by atoms with Crippen LogP contribution in [0.5, 0.6) is 11.5 Å². The number of aromatic amines is 1. The molecule has 8 nitrogen and oxygen atoms in total. The zero-order chi connectivity index (χ0) is 22.9. The molecule has 0 atom stereocenters. The van der Waals surface area contributed by atoms with Gasteiger partial charge in [0.15, 0.2) is 5.96 Å². The van der Waals surface area contributed by atoms with Gasteiger partial charge in [-0.2, -0.15) is 0 Å². The molecule has 0 bridgehead atoms. The molecule has 1 aromatic carbocycles. The van der Waals surface area contributed by atoms with Gasteiger partial charge in [-0.15, -0.1) is 24.0 Å². The number of ether oxygens (including phenoxy) is 2. The Hall–Kier alpha value is -2.17. The number of halogens is 1. The highest BCUT2D eigenvalue weighted by atomic mass is 127. The van der Waals surface area contributed by atoms with Crippen LogP contribution in [0.2, 0.25) is 0 Å². The van der Waals surface area contributed by atoms with E-state index in [9.17, 15) is 4.79 Å². The van der Waals surface area contributed by atoms with Crippen LogP contribution in [0.15, 0.2) is 23.2 Å². The smallest absolute Gasteiger partial charge is 0.225 e. The Kier molecular flexibility index (Phi) is 11.7. The number of rotatable bonds is 10. The minimum absolute atomic E-state index is 0. The average Bonchev–Trinajstić information content (AvgIpc) is 3.15. The van der Waals surface area contributed by atoms with Crippen molar-refractivity contribution in [2.75, 3.05) is 40.4 Å². The lowest BCUT2D eigenvalue weighted by molar-refractivity contribution is -0.128. The maximum atomic E-state index is 11.9. The van der Waals surface area contributed by atoms with Crippen molar-refractivity contribution < 1.29 is 14.3 Å². The number of guanidine groups is 1. The number of aliphatic imine (C=N–C) groups is 1. The molecule has 0 saturated heterocycles. The van der Waals surface area contributed by atoms with E-state index < -0.39 is 0 Å². The van der Waals surface area contributed by atoms with Gasteiger partial charge >= 0.3 is 0 Å². The molecule has 0 saturated carbocycles. The van der Waals surface area contributed by atoms with Crippen LogP contribution in [0.3, 0.4) is 0 Å². The molecule has 0 aliphatic carbocycles. The summed E-state index contributed by atoms with van der Waals surface area (Å²) in [5.41, 5.74) is 1.76. The van der Waals surface area contributed by atoms with E-state index in [1.165, 1.54) is 0 Å². The van der Waals surface area contributed by atoms with Crippen LogP contribution in [0, 0.1) is 5.41 Å². The van der Waals surface area contributed by atoms with Gasteiger partial charge in [0, 0.05) is 54.8 Å². The fourth-order valence-electron chi connectivity index (χ4n) is 3.08. The predicted octanol–water partition coefficient (Wildman–Crippen LogP) is 3.45. The molecular weight excluding hydrogens is 521 g/mol. The number of methoxy groups -OCH3 is 2. The minimum atomic E-state index is -0.379. The third-order valence-corrected chi connectivity index (χ3v) is 4.79. The van der Waals surface area contributed by atoms with E-state index in [-0.39, 0.29) is 35.3 Å². The molecule has 1 aromatic heterocycles. The standard InChI is InChI=1S/C23H37N5O3.HI/c1-7-24-22(27-12-11-25-21(29)23(2,3)4)26-10-8-9-16-13-18-19(28-16)14-17(30-5)15-20(18)31-6;/h13-15,28H,7-12H2,1-6H3,(H,25,29)(H2,24,26,27);1H. The number of H-pyrrole nitrogens is 1. The van der Waals surface area contributed by atoms with Gasteiger partial charge in [0.05, 0.1) is 19.7 Å². The fourth-order valence-corrected chi connectivity index (χ4v) is 3.08. The molecule has 1 amide bonds. The summed E-state index contributed by atoms with van der Waals surface area (Å²) in [6.45, 7) is 10.4. The molecule has 0 aliphatic rings. The predicted molar refractivity (Wildman–Crippen MR) is 142 cm³/mol. The molecule has 9 heteroatoms. The van der Waals surface area contributed by atoms with Gasteiger partial charge in [-0.05, 0) is 25.8 Å². The number of fused-ring (bicyclic) bond motifs is 1. The number of carbonyl (C=O) groups is 1. The first-order valence-electron chi connectivity index (χ1n) is 10.8. The Morgan fingerprint density at radius 2 is 1.78 bits per heavy atom. The zero-order valence-corrected chi connectivity index (χ0v) is 22.4. The summed E-state index contributed by atoms with van der Waals surface area (Å²) in [5, 5.41) is 10.5. The van der Waals surface area contributed by atoms with E-state index in [0.29, 0.717) is 19.6 Å². The van der Waals surface area contributed by atoms with Gasteiger partial charge in [-0.25, -0.2) is 0 Å². The SMILES string of the molecule is CCNC(=NCCCc1cc2c(OC)cc(OC)cc2[nH]1)NCCNC(=O)C(C)(C)C.I. The Morgan fingerprint density at radius 1 is 1.06 bits per heavy atom. The largest absolute Gasteiger partial charge is 0.497 e. The number of hydrogen-bond donors (Lipinski definition) is 4. The summed E-state index contributed by atoms with van der Waals surface area (Å²) < 4.78 is 10.8. The molecule has 4 N–H and O–H groups in total. The van der Waals surface area contributed by atoms with Crippen LogP contribution in [-0.4, -0.2) is 57.2 Å². The van der Waals surface area contributed by atoms with Gasteiger partial charge in [0.1, 0.15) is 11.5 Å². The van der Waals surface area contributed by atoms with Gasteiger partial charge in [0.25, 0.3) is 0 Å². The van der Waals surface area contributed by atoms with E-state index in [2.05, 4.69) is 32.0 Å². The second kappa shape index (κ2) is 13.4. The quantitative estimate of drug-likeness (QED) is 0.155. The van der Waals surface area contributed by atoms with E-state index in [1.807, 2.05) is 39.8 Å². The van der Waals surface area contributed by atoms with Gasteiger partial charge in [-0.1, -0.05) is 20.8 Å². The number of hydrogen-bond acceptors (Lipinski definition) is 4. The van der Waals surface area contributed by atoms with Crippen molar-refractivity contribution in [3.63, 3.8) is 0 Å². The zero-order valence-electron chi connectivity index (χ0n) is 20.1. The number of carbonyl (C=O) groups excluding carboxylic acids is 1. The number of benzene rings is 1. The van der Waals surface area contributed by atoms with E-state index in [0.717, 1.165) is 53.4 Å². The van der Waals surface area contributed by atoms with Crippen molar-refractivity contribution in [3.8, 4) is 11.5 Å². The van der Waals surface area contributed by atoms with Crippen LogP contribution in [0.1, 0.15) is 39.8 Å². The molecule has 1 heterocycles. The molecule has 0 spiro atoms. The molecule has 180 valence electrons. The molecule has 0 radical (unpaired) electrons. The van der Waals surface area contributed by atoms with Crippen LogP contribution >= 0.6 is 24.0 Å². The average molecular weight is 559 g/mol. The molecule has 0 unspecified atom stereocenters. The lowest BCUT2D eigenvalue weighted by Crippen LogP contribution is -2.43. The first-order chi connectivity index (χ1) is 14.8. The Bertz CT molecular complexity index is 890. The van der Waals surface area contributed by atoms with Crippen molar-refractivity contribution in [2.45, 2.75) is 40.5 Å². The third-order valence-electron chi connectivity index (χ3n) is 4.79. The van der Waals surface area contributed by atoms with Gasteiger partial charge in [-0.3, -0.25) is 9.79 Å². The molecule has 0 aliphatic heterocycles. The number of aryl methyl sites for hydroxylation is 1. The normalized spacial score (nSPS) is 11.6. The number of nitrogens with one attached hydrogen (secondary N) is 4. The number of nitrogens with zero attached hydrogens (tertiary/aromatic N) is 1. The van der Waals surface area contributed by atoms with Crippen LogP contribution in [0.4, 0.5) is 0 Å². The summed E-state index contributed by atoms with van der Waals surface area (Å²) in [4.78, 5) is 20.0. The van der Waals surface area contributed by atoms with E-state index in [4.69, 9.17) is 9.47 Å². The summed E-state index contributed by atoms with van der Waals surface area (Å²) >= 11 is 0. The van der Waals surface area contributed by atoms with Crippen molar-refractivity contribution in [2.24, 2.45) is 10.4 Å². The molecule has 2 aromatic rings. The number of amides is 1. The first kappa shape index (κ1) is 27.9. The van der Waals surface area contributed by atoms with Crippen LogP contribution in [0.25, 0.3) is 10.9 Å². The monoisotopic (exact) mass is 559 g/mol. The Balaban J connectivity index is 0.00000512. The van der Waals surface area contributed by atoms with Gasteiger partial charge in [0.2, 0.25) is 5.91 Å². The first-order valence-corrected chi connectivity index (χ1v) is 10.8. The second-order valence-electron chi connectivity index (χ2n) is 8.38. The van der Waals surface area contributed by atoms with Crippen molar-refractivity contribution >= 4 is 46.7 Å². The highest BCUT2D eigenvalue weighted by Crippen LogP contribution is 2.31. The van der Waals surface area contributed by atoms with Gasteiger partial charge < -0.3 is 30.4 Å². The van der Waals surface area contributed by atoms with Crippen LogP contribution < -0.4 is 25.4 Å². The topological polar surface area (TPSA) is 99.8 Å². The van der Waals surface area contributed by atoms with Crippen molar-refractivity contribution in [1.29, 1.82) is 0 Å². The summed E-state index contributed by atoms with van der Waals surface area (Å²) in [5.74, 6) is 2.37. The van der Waals surface area contributed by atoms with E-state index in [1.54, 1.807) is 14.2 Å². The fraction of sp³-hybridized carbons (Fsp3) is 0.565. The summed E-state index contributed by atoms with van der Waals surface area (Å²) in [6.07, 6.45) is 1.79. The molecule has 32 heavy (non-hydrogen) atoms. The lowest BCUT2D eigenvalue weighted by Gasteiger charge is -2.18. The maximum absolute atomic E-state index is 11.9. The van der Waals surface area contributed by atoms with Crippen LogP contribution in [-0.2, 0) is 11.2 Å². The molecule has 0 fully saturated rings. The summed E-state index contributed by atoms with van der Waals surface area (Å²) in [6, 6.07) is 5.99. The lowest BCUT2D eigenvalue weighted by atomic mass is 9.96. The number of aromatic nitrogens is 1. The van der Waals surface area contributed by atoms with Crippen molar-refractivity contribution in [1.82, 2.24) is 20.9 Å². The Labute approximate surface area is 208 Å². The Morgan fingerprint density at radius 3 is 2.41 bits per heavy atom. The highest BCUT2D eigenvalue weighted by molar-refractivity contribution is 14.0. The maximum Gasteiger partial charge on any atom is 0.225 e.